The lowest BCUT2D eigenvalue weighted by atomic mass is 10.5. The van der Waals surface area contributed by atoms with E-state index in [1.54, 1.807) is 13.1 Å². The summed E-state index contributed by atoms with van der Waals surface area (Å²) in [6.45, 7) is 0.579. The van der Waals surface area contributed by atoms with Crippen molar-refractivity contribution in [1.82, 2.24) is 15.5 Å². The Balaban J connectivity index is 2.30. The number of nitrogens with one attached hydrogen (secondary N) is 3. The van der Waals surface area contributed by atoms with Crippen molar-refractivity contribution in [2.75, 3.05) is 11.8 Å². The zero-order chi connectivity index (χ0) is 14.8. The lowest BCUT2D eigenvalue weighted by Crippen LogP contribution is -2.16. The molecule has 2 rings (SSSR count). The summed E-state index contributed by atoms with van der Waals surface area (Å²) in [5, 5.41) is 8.73. The second-order valence-electron chi connectivity index (χ2n) is 3.79. The van der Waals surface area contributed by atoms with Gasteiger partial charge in [0.1, 0.15) is 4.90 Å². The predicted molar refractivity (Wildman–Crippen MR) is 80.4 cm³/mol. The lowest BCUT2D eigenvalue weighted by molar-refractivity contribution is 0.600. The minimum atomic E-state index is -3.75. The molecule has 7 nitrogen and oxygen atoms in total. The van der Waals surface area contributed by atoms with E-state index < -0.39 is 15.6 Å². The molecular weight excluding hydrogens is 368 g/mol. The van der Waals surface area contributed by atoms with Crippen LogP contribution >= 0.6 is 27.3 Å². The highest BCUT2D eigenvalue weighted by atomic mass is 79.9. The van der Waals surface area contributed by atoms with E-state index >= 15 is 0 Å². The number of H-pyrrole nitrogens is 1. The van der Waals surface area contributed by atoms with Gasteiger partial charge in [-0.3, -0.25) is 9.52 Å². The quantitative estimate of drug-likeness (QED) is 0.722. The van der Waals surface area contributed by atoms with Gasteiger partial charge in [0.05, 0.1) is 3.79 Å². The Morgan fingerprint density at radius 1 is 1.45 bits per heavy atom. The highest BCUT2D eigenvalue weighted by Crippen LogP contribution is 2.32. The molecule has 0 radical (unpaired) electrons. The first-order chi connectivity index (χ1) is 9.42. The van der Waals surface area contributed by atoms with Crippen molar-refractivity contribution in [3.63, 3.8) is 0 Å². The van der Waals surface area contributed by atoms with Crippen LogP contribution in [0, 0.1) is 0 Å². The van der Waals surface area contributed by atoms with Crippen LogP contribution in [0.1, 0.15) is 4.88 Å². The van der Waals surface area contributed by atoms with Crippen LogP contribution in [0.15, 0.2) is 31.7 Å². The summed E-state index contributed by atoms with van der Waals surface area (Å²) in [4.78, 5) is 11.9. The molecule has 20 heavy (non-hydrogen) atoms. The summed E-state index contributed by atoms with van der Waals surface area (Å²) in [5.74, 6) is 0.0536. The average molecular weight is 379 g/mol. The number of hydrogen-bond acceptors (Lipinski definition) is 6. The number of aromatic nitrogens is 2. The summed E-state index contributed by atoms with van der Waals surface area (Å²) in [6, 6.07) is 4.07. The molecule has 2 aromatic heterocycles. The van der Waals surface area contributed by atoms with E-state index in [-0.39, 0.29) is 10.7 Å². The van der Waals surface area contributed by atoms with Crippen LogP contribution in [0.2, 0.25) is 0 Å². The first kappa shape index (κ1) is 15.2. The Morgan fingerprint density at radius 3 is 2.80 bits per heavy atom. The van der Waals surface area contributed by atoms with E-state index in [2.05, 4.69) is 36.2 Å². The molecule has 0 fully saturated rings. The highest BCUT2D eigenvalue weighted by molar-refractivity contribution is 9.11. The Hall–Kier alpha value is -1.23. The van der Waals surface area contributed by atoms with E-state index in [4.69, 9.17) is 0 Å². The minimum Gasteiger partial charge on any atom is -0.315 e. The fourth-order valence-electron chi connectivity index (χ4n) is 1.44. The van der Waals surface area contributed by atoms with Gasteiger partial charge in [0.15, 0.2) is 5.82 Å². The first-order valence-corrected chi connectivity index (χ1v) is 8.53. The number of sulfonamides is 1. The molecule has 0 saturated carbocycles. The van der Waals surface area contributed by atoms with Crippen LogP contribution in [0.4, 0.5) is 5.82 Å². The molecular formula is C10H11BrN4O3S2. The molecule has 10 heteroatoms. The van der Waals surface area contributed by atoms with Crippen molar-refractivity contribution < 1.29 is 8.42 Å². The van der Waals surface area contributed by atoms with Gasteiger partial charge in [-0.05, 0) is 35.1 Å². The van der Waals surface area contributed by atoms with Crippen LogP contribution in [0.25, 0.3) is 0 Å². The van der Waals surface area contributed by atoms with E-state index in [0.29, 0.717) is 10.3 Å². The fraction of sp³-hybridized carbons (Fsp3) is 0.200. The number of nitrogens with zero attached hydrogens (tertiary/aromatic N) is 1. The molecule has 2 aromatic rings. The maximum atomic E-state index is 12.2. The van der Waals surface area contributed by atoms with Gasteiger partial charge < -0.3 is 5.32 Å². The second kappa shape index (κ2) is 6.04. The Labute approximate surface area is 127 Å². The molecule has 2 heterocycles. The molecule has 0 aliphatic rings. The van der Waals surface area contributed by atoms with Crippen LogP contribution in [-0.2, 0) is 16.6 Å². The number of aromatic amines is 1. The monoisotopic (exact) mass is 378 g/mol. The Kier molecular flexibility index (Phi) is 4.58. The smallest absolute Gasteiger partial charge is 0.265 e. The molecule has 0 spiro atoms. The maximum absolute atomic E-state index is 12.2. The molecule has 0 aliphatic carbocycles. The van der Waals surface area contributed by atoms with Crippen molar-refractivity contribution >= 4 is 43.1 Å². The van der Waals surface area contributed by atoms with Gasteiger partial charge in [-0.1, -0.05) is 0 Å². The van der Waals surface area contributed by atoms with Gasteiger partial charge in [0.25, 0.3) is 15.6 Å². The van der Waals surface area contributed by atoms with E-state index in [0.717, 1.165) is 4.88 Å². The van der Waals surface area contributed by atoms with Crippen molar-refractivity contribution in [3.05, 3.63) is 37.2 Å². The van der Waals surface area contributed by atoms with Crippen LogP contribution in [-0.4, -0.2) is 25.7 Å². The fourth-order valence-corrected chi connectivity index (χ4v) is 5.13. The number of hydrogen-bond donors (Lipinski definition) is 3. The predicted octanol–water partition coefficient (Wildman–Crippen LogP) is 1.11. The summed E-state index contributed by atoms with van der Waals surface area (Å²) in [5.41, 5.74) is -0.402. The third-order valence-corrected chi connectivity index (χ3v) is 5.87. The normalized spacial score (nSPS) is 11.5. The number of halogens is 1. The number of anilines is 1. The summed E-state index contributed by atoms with van der Waals surface area (Å²) in [6.07, 6.45) is 0. The average Bonchev–Trinajstić information content (AvgIpc) is 2.74. The van der Waals surface area contributed by atoms with Crippen molar-refractivity contribution in [1.29, 1.82) is 0 Å². The van der Waals surface area contributed by atoms with Crippen LogP contribution < -0.4 is 15.6 Å². The van der Waals surface area contributed by atoms with E-state index in [9.17, 15) is 13.2 Å². The molecule has 0 aromatic carbocycles. The summed E-state index contributed by atoms with van der Waals surface area (Å²) >= 11 is 4.58. The zero-order valence-electron chi connectivity index (χ0n) is 10.3. The SMILES string of the molecule is CNCc1cc(S(=O)(=O)Nc2ccc(=O)[nH]n2)c(Br)s1. The van der Waals surface area contributed by atoms with Gasteiger partial charge in [-0.25, -0.2) is 13.5 Å². The zero-order valence-corrected chi connectivity index (χ0v) is 13.5. The Morgan fingerprint density at radius 2 is 2.20 bits per heavy atom. The molecule has 0 unspecified atom stereocenters. The van der Waals surface area contributed by atoms with Gasteiger partial charge in [0, 0.05) is 17.5 Å². The van der Waals surface area contributed by atoms with Crippen molar-refractivity contribution in [2.24, 2.45) is 0 Å². The molecule has 3 N–H and O–H groups in total. The van der Waals surface area contributed by atoms with Gasteiger partial charge in [-0.15, -0.1) is 11.3 Å². The summed E-state index contributed by atoms with van der Waals surface area (Å²) in [7, 11) is -1.97. The van der Waals surface area contributed by atoms with Gasteiger partial charge in [0.2, 0.25) is 0 Å². The molecule has 108 valence electrons. The maximum Gasteiger partial charge on any atom is 0.265 e. The highest BCUT2D eigenvalue weighted by Gasteiger charge is 2.21. The second-order valence-corrected chi connectivity index (χ2v) is 7.90. The molecule has 0 amide bonds. The molecule has 0 atom stereocenters. The lowest BCUT2D eigenvalue weighted by Gasteiger charge is -2.05. The molecule has 0 saturated heterocycles. The molecule has 0 aliphatic heterocycles. The van der Waals surface area contributed by atoms with Gasteiger partial charge in [-0.2, -0.15) is 5.10 Å². The van der Waals surface area contributed by atoms with E-state index in [1.807, 2.05) is 0 Å². The third kappa shape index (κ3) is 3.45. The summed E-state index contributed by atoms with van der Waals surface area (Å²) < 4.78 is 27.3. The van der Waals surface area contributed by atoms with Crippen molar-refractivity contribution in [3.8, 4) is 0 Å². The van der Waals surface area contributed by atoms with Crippen LogP contribution in [0.5, 0.6) is 0 Å². The van der Waals surface area contributed by atoms with Crippen molar-refractivity contribution in [2.45, 2.75) is 11.4 Å². The molecule has 0 bridgehead atoms. The van der Waals surface area contributed by atoms with Crippen LogP contribution in [0.3, 0.4) is 0 Å². The number of rotatable bonds is 5. The minimum absolute atomic E-state index is 0.0536. The standard InChI is InChI=1S/C10H11BrN4O3S2/c1-12-5-6-4-7(10(11)19-6)20(17,18)15-8-2-3-9(16)14-13-8/h2-4,12H,5H2,1H3,(H,13,15)(H,14,16). The van der Waals surface area contributed by atoms with Gasteiger partial charge >= 0.3 is 0 Å². The Bertz CT molecular complexity index is 749. The topological polar surface area (TPSA) is 104 Å². The first-order valence-electron chi connectivity index (χ1n) is 5.44. The number of thiophene rings is 1. The largest absolute Gasteiger partial charge is 0.315 e. The van der Waals surface area contributed by atoms with E-state index in [1.165, 1.54) is 23.5 Å². The third-order valence-electron chi connectivity index (χ3n) is 2.27.